The SMILES string of the molecule is Cn1cccc1C1CCCCCN1C(=O)/C=C/c1cc([N+](=O)[O-])cc2c1OCOC2. The fourth-order valence-corrected chi connectivity index (χ4v) is 4.22. The summed E-state index contributed by atoms with van der Waals surface area (Å²) in [5.74, 6) is 0.432. The molecule has 0 radical (unpaired) electrons. The number of benzene rings is 1. The molecule has 1 atom stereocenters. The smallest absolute Gasteiger partial charge is 0.270 e. The van der Waals surface area contributed by atoms with E-state index < -0.39 is 4.92 Å². The summed E-state index contributed by atoms with van der Waals surface area (Å²) in [7, 11) is 1.99. The Hall–Kier alpha value is -3.13. The van der Waals surface area contributed by atoms with Crippen LogP contribution < -0.4 is 4.74 Å². The molecule has 2 aromatic rings. The van der Waals surface area contributed by atoms with Gasteiger partial charge < -0.3 is 18.9 Å². The van der Waals surface area contributed by atoms with Gasteiger partial charge in [0.15, 0.2) is 6.79 Å². The number of amides is 1. The molecule has 0 saturated carbocycles. The number of rotatable bonds is 4. The Labute approximate surface area is 174 Å². The van der Waals surface area contributed by atoms with Gasteiger partial charge in [-0.1, -0.05) is 12.8 Å². The van der Waals surface area contributed by atoms with E-state index in [-0.39, 0.29) is 31.0 Å². The molecule has 1 aromatic heterocycles. The van der Waals surface area contributed by atoms with Gasteiger partial charge in [-0.15, -0.1) is 0 Å². The van der Waals surface area contributed by atoms with Crippen LogP contribution in [-0.4, -0.2) is 33.6 Å². The molecule has 8 heteroatoms. The second kappa shape index (κ2) is 8.71. The number of aromatic nitrogens is 1. The van der Waals surface area contributed by atoms with Crippen LogP contribution in [0.15, 0.2) is 36.5 Å². The number of fused-ring (bicyclic) bond motifs is 1. The minimum atomic E-state index is -0.450. The van der Waals surface area contributed by atoms with Gasteiger partial charge in [0.05, 0.1) is 17.6 Å². The molecule has 0 N–H and O–H groups in total. The lowest BCUT2D eigenvalue weighted by atomic mass is 10.1. The van der Waals surface area contributed by atoms with E-state index >= 15 is 0 Å². The van der Waals surface area contributed by atoms with Gasteiger partial charge in [-0.05, 0) is 31.1 Å². The largest absolute Gasteiger partial charge is 0.467 e. The number of likely N-dealkylation sites (tertiary alicyclic amines) is 1. The van der Waals surface area contributed by atoms with Gasteiger partial charge >= 0.3 is 0 Å². The van der Waals surface area contributed by atoms with Crippen LogP contribution in [0.1, 0.15) is 48.5 Å². The van der Waals surface area contributed by atoms with Crippen molar-refractivity contribution in [1.82, 2.24) is 9.47 Å². The topological polar surface area (TPSA) is 86.8 Å². The Balaban J connectivity index is 1.63. The van der Waals surface area contributed by atoms with Crippen molar-refractivity contribution >= 4 is 17.7 Å². The van der Waals surface area contributed by atoms with E-state index in [1.165, 1.54) is 18.2 Å². The Kier molecular flexibility index (Phi) is 5.85. The average Bonchev–Trinajstić information content (AvgIpc) is 3.02. The molecule has 1 aromatic carbocycles. The third-order valence-corrected chi connectivity index (χ3v) is 5.70. The number of nitro groups is 1. The first-order valence-corrected chi connectivity index (χ1v) is 10.2. The van der Waals surface area contributed by atoms with E-state index in [4.69, 9.17) is 9.47 Å². The zero-order chi connectivity index (χ0) is 21.1. The van der Waals surface area contributed by atoms with Gasteiger partial charge in [-0.2, -0.15) is 0 Å². The lowest BCUT2D eigenvalue weighted by Gasteiger charge is -2.29. The van der Waals surface area contributed by atoms with Crippen molar-refractivity contribution in [3.05, 3.63) is 63.5 Å². The highest BCUT2D eigenvalue weighted by atomic mass is 16.7. The Morgan fingerprint density at radius 1 is 1.30 bits per heavy atom. The van der Waals surface area contributed by atoms with Crippen LogP contribution in [0.25, 0.3) is 6.08 Å². The fourth-order valence-electron chi connectivity index (χ4n) is 4.22. The normalized spacial score (nSPS) is 19.2. The number of ether oxygens (including phenoxy) is 2. The molecule has 1 unspecified atom stereocenters. The zero-order valence-electron chi connectivity index (χ0n) is 17.0. The van der Waals surface area contributed by atoms with Crippen LogP contribution >= 0.6 is 0 Å². The number of nitro benzene ring substituents is 1. The van der Waals surface area contributed by atoms with Crippen molar-refractivity contribution in [2.75, 3.05) is 13.3 Å². The van der Waals surface area contributed by atoms with Crippen LogP contribution in [0.3, 0.4) is 0 Å². The van der Waals surface area contributed by atoms with E-state index in [1.807, 2.05) is 24.2 Å². The standard InChI is InChI=1S/C22H25N3O5/c1-23-10-5-7-19(23)20-6-3-2-4-11-24(20)21(26)9-8-16-12-18(25(27)28)13-17-14-29-15-30-22(16)17/h5,7-10,12-13,20H,2-4,6,11,14-15H2,1H3/b9-8+. The summed E-state index contributed by atoms with van der Waals surface area (Å²) in [5, 5.41) is 11.3. The van der Waals surface area contributed by atoms with Crippen LogP contribution in [-0.2, 0) is 23.2 Å². The molecule has 3 heterocycles. The van der Waals surface area contributed by atoms with Crippen molar-refractivity contribution in [2.45, 2.75) is 38.3 Å². The number of carbonyl (C=O) groups is 1. The second-order valence-corrected chi connectivity index (χ2v) is 7.67. The number of hydrogen-bond donors (Lipinski definition) is 0. The molecule has 0 spiro atoms. The number of non-ortho nitro benzene ring substituents is 1. The summed E-state index contributed by atoms with van der Waals surface area (Å²) in [6.45, 7) is 1.02. The van der Waals surface area contributed by atoms with E-state index in [2.05, 4.69) is 10.6 Å². The quantitative estimate of drug-likeness (QED) is 0.432. The minimum absolute atomic E-state index is 0.0216. The van der Waals surface area contributed by atoms with Gasteiger partial charge in [0.1, 0.15) is 5.75 Å². The highest BCUT2D eigenvalue weighted by Gasteiger charge is 2.27. The van der Waals surface area contributed by atoms with E-state index in [0.29, 0.717) is 23.4 Å². The predicted octanol–water partition coefficient (Wildman–Crippen LogP) is 3.96. The molecule has 0 aliphatic carbocycles. The van der Waals surface area contributed by atoms with Crippen molar-refractivity contribution in [3.8, 4) is 5.75 Å². The molecule has 1 fully saturated rings. The maximum absolute atomic E-state index is 13.2. The maximum Gasteiger partial charge on any atom is 0.270 e. The van der Waals surface area contributed by atoms with Gasteiger partial charge in [0, 0.05) is 54.8 Å². The Morgan fingerprint density at radius 2 is 2.17 bits per heavy atom. The lowest BCUT2D eigenvalue weighted by Crippen LogP contribution is -2.34. The first-order chi connectivity index (χ1) is 14.5. The lowest BCUT2D eigenvalue weighted by molar-refractivity contribution is -0.385. The van der Waals surface area contributed by atoms with E-state index in [0.717, 1.165) is 31.4 Å². The predicted molar refractivity (Wildman–Crippen MR) is 111 cm³/mol. The summed E-state index contributed by atoms with van der Waals surface area (Å²) in [6.07, 6.45) is 9.17. The van der Waals surface area contributed by atoms with E-state index in [1.54, 1.807) is 6.08 Å². The molecule has 1 saturated heterocycles. The summed E-state index contributed by atoms with van der Waals surface area (Å²) < 4.78 is 12.9. The van der Waals surface area contributed by atoms with Crippen molar-refractivity contribution in [2.24, 2.45) is 7.05 Å². The van der Waals surface area contributed by atoms with Crippen LogP contribution in [0.2, 0.25) is 0 Å². The number of hydrogen-bond acceptors (Lipinski definition) is 5. The number of aryl methyl sites for hydroxylation is 1. The molecule has 4 rings (SSSR count). The van der Waals surface area contributed by atoms with Crippen LogP contribution in [0.5, 0.6) is 5.75 Å². The van der Waals surface area contributed by atoms with Gasteiger partial charge in [0.25, 0.3) is 5.69 Å². The molecular weight excluding hydrogens is 386 g/mol. The first kappa shape index (κ1) is 20.2. The molecule has 2 aliphatic rings. The van der Waals surface area contributed by atoms with Crippen molar-refractivity contribution < 1.29 is 19.2 Å². The van der Waals surface area contributed by atoms with Crippen LogP contribution in [0, 0.1) is 10.1 Å². The summed E-state index contributed by atoms with van der Waals surface area (Å²) in [5.41, 5.74) is 2.19. The van der Waals surface area contributed by atoms with E-state index in [9.17, 15) is 14.9 Å². The third kappa shape index (κ3) is 4.09. The molecule has 0 bridgehead atoms. The summed E-state index contributed by atoms with van der Waals surface area (Å²) in [4.78, 5) is 25.9. The van der Waals surface area contributed by atoms with Crippen molar-refractivity contribution in [3.63, 3.8) is 0 Å². The first-order valence-electron chi connectivity index (χ1n) is 10.2. The fraction of sp³-hybridized carbons (Fsp3) is 0.409. The Morgan fingerprint density at radius 3 is 2.93 bits per heavy atom. The average molecular weight is 411 g/mol. The zero-order valence-corrected chi connectivity index (χ0v) is 17.0. The van der Waals surface area contributed by atoms with Gasteiger partial charge in [-0.25, -0.2) is 0 Å². The minimum Gasteiger partial charge on any atom is -0.467 e. The molecule has 1 amide bonds. The monoisotopic (exact) mass is 411 g/mol. The number of nitrogens with zero attached hydrogens (tertiary/aromatic N) is 3. The molecule has 2 aliphatic heterocycles. The molecule has 8 nitrogen and oxygen atoms in total. The highest BCUT2D eigenvalue weighted by Crippen LogP contribution is 2.34. The highest BCUT2D eigenvalue weighted by molar-refractivity contribution is 5.92. The molecular formula is C22H25N3O5. The molecule has 30 heavy (non-hydrogen) atoms. The maximum atomic E-state index is 13.2. The molecule has 158 valence electrons. The summed E-state index contributed by atoms with van der Waals surface area (Å²) >= 11 is 0. The Bertz CT molecular complexity index is 981. The third-order valence-electron chi connectivity index (χ3n) is 5.70. The summed E-state index contributed by atoms with van der Waals surface area (Å²) in [6, 6.07) is 6.96. The van der Waals surface area contributed by atoms with Crippen LogP contribution in [0.4, 0.5) is 5.69 Å². The van der Waals surface area contributed by atoms with Gasteiger partial charge in [-0.3, -0.25) is 14.9 Å². The number of carbonyl (C=O) groups excluding carboxylic acids is 1. The second-order valence-electron chi connectivity index (χ2n) is 7.67. The van der Waals surface area contributed by atoms with Crippen molar-refractivity contribution in [1.29, 1.82) is 0 Å². The van der Waals surface area contributed by atoms with Gasteiger partial charge in [0.2, 0.25) is 5.91 Å².